The van der Waals surface area contributed by atoms with Gasteiger partial charge < -0.3 is 5.32 Å². The third kappa shape index (κ3) is 4.93. The van der Waals surface area contributed by atoms with Crippen molar-refractivity contribution in [1.29, 1.82) is 0 Å². The van der Waals surface area contributed by atoms with E-state index in [9.17, 15) is 23.3 Å². The van der Waals surface area contributed by atoms with Gasteiger partial charge in [0.05, 0.1) is 20.5 Å². The number of nitro groups is 1. The van der Waals surface area contributed by atoms with Crippen LogP contribution in [0.15, 0.2) is 47.4 Å². The fraction of sp³-hybridized carbons (Fsp3) is 0.188. The standard InChI is InChI=1S/C16H16ClN3O5S/c1-2-3-16(21)18-11-4-9-14(17)15(10-11)19-26(24,25)13-7-5-12(6-8-13)20(22)23/h4-10,19H,2-3H2,1H3,(H,18,21). The molecule has 2 rings (SSSR count). The van der Waals surface area contributed by atoms with Gasteiger partial charge in [0.2, 0.25) is 5.91 Å². The van der Waals surface area contributed by atoms with Crippen LogP contribution in [0.1, 0.15) is 19.8 Å². The molecule has 0 heterocycles. The highest BCUT2D eigenvalue weighted by atomic mass is 35.5. The molecule has 8 nitrogen and oxygen atoms in total. The van der Waals surface area contributed by atoms with Crippen LogP contribution in [0.5, 0.6) is 0 Å². The molecule has 0 saturated carbocycles. The van der Waals surface area contributed by atoms with Crippen molar-refractivity contribution in [3.05, 3.63) is 57.6 Å². The van der Waals surface area contributed by atoms with Gasteiger partial charge in [-0.15, -0.1) is 0 Å². The summed E-state index contributed by atoms with van der Waals surface area (Å²) in [7, 11) is -4.00. The Bertz CT molecular complexity index is 929. The van der Waals surface area contributed by atoms with E-state index in [0.717, 1.165) is 24.3 Å². The second-order valence-electron chi connectivity index (χ2n) is 5.35. The predicted molar refractivity (Wildman–Crippen MR) is 98.9 cm³/mol. The minimum atomic E-state index is -4.00. The largest absolute Gasteiger partial charge is 0.326 e. The van der Waals surface area contributed by atoms with Gasteiger partial charge in [0, 0.05) is 24.2 Å². The minimum absolute atomic E-state index is 0.0827. The number of nitrogens with zero attached hydrogens (tertiary/aromatic N) is 1. The fourth-order valence-corrected chi connectivity index (χ4v) is 3.37. The summed E-state index contributed by atoms with van der Waals surface area (Å²) in [4.78, 5) is 21.5. The monoisotopic (exact) mass is 397 g/mol. The second-order valence-corrected chi connectivity index (χ2v) is 7.44. The van der Waals surface area contributed by atoms with Gasteiger partial charge in [-0.3, -0.25) is 19.6 Å². The van der Waals surface area contributed by atoms with E-state index in [0.29, 0.717) is 18.5 Å². The van der Waals surface area contributed by atoms with E-state index < -0.39 is 14.9 Å². The smallest absolute Gasteiger partial charge is 0.269 e. The molecule has 0 atom stereocenters. The maximum atomic E-state index is 12.4. The molecule has 0 aliphatic heterocycles. The summed E-state index contributed by atoms with van der Waals surface area (Å²) in [6.07, 6.45) is 1.02. The Hall–Kier alpha value is -2.65. The highest BCUT2D eigenvalue weighted by Crippen LogP contribution is 2.28. The van der Waals surface area contributed by atoms with E-state index in [-0.39, 0.29) is 27.2 Å². The zero-order valence-electron chi connectivity index (χ0n) is 13.7. The first-order valence-corrected chi connectivity index (χ1v) is 9.45. The molecule has 0 aliphatic carbocycles. The lowest BCUT2D eigenvalue weighted by molar-refractivity contribution is -0.384. The highest BCUT2D eigenvalue weighted by molar-refractivity contribution is 7.92. The number of non-ortho nitro benzene ring substituents is 1. The lowest BCUT2D eigenvalue weighted by Crippen LogP contribution is -2.14. The van der Waals surface area contributed by atoms with Crippen LogP contribution >= 0.6 is 11.6 Å². The quantitative estimate of drug-likeness (QED) is 0.544. The maximum absolute atomic E-state index is 12.4. The Morgan fingerprint density at radius 3 is 2.42 bits per heavy atom. The van der Waals surface area contributed by atoms with Crippen LogP contribution < -0.4 is 10.0 Å². The van der Waals surface area contributed by atoms with Gasteiger partial charge >= 0.3 is 0 Å². The second kappa shape index (κ2) is 8.15. The molecular weight excluding hydrogens is 382 g/mol. The molecule has 1 amide bonds. The first kappa shape index (κ1) is 19.7. The summed E-state index contributed by atoms with van der Waals surface area (Å²) in [6.45, 7) is 1.87. The fourth-order valence-electron chi connectivity index (χ4n) is 2.08. The molecule has 0 unspecified atom stereocenters. The molecule has 0 fully saturated rings. The summed E-state index contributed by atoms with van der Waals surface area (Å²) in [5, 5.41) is 13.4. The van der Waals surface area contributed by atoms with Gasteiger partial charge in [-0.05, 0) is 36.8 Å². The van der Waals surface area contributed by atoms with E-state index in [2.05, 4.69) is 10.0 Å². The number of nitro benzene ring substituents is 1. The van der Waals surface area contributed by atoms with Crippen molar-refractivity contribution in [2.45, 2.75) is 24.7 Å². The van der Waals surface area contributed by atoms with E-state index in [1.807, 2.05) is 6.92 Å². The van der Waals surface area contributed by atoms with Gasteiger partial charge in [-0.25, -0.2) is 8.42 Å². The summed E-state index contributed by atoms with van der Waals surface area (Å²) < 4.78 is 27.2. The Kier molecular flexibility index (Phi) is 6.17. The van der Waals surface area contributed by atoms with Crippen LogP contribution in [0.3, 0.4) is 0 Å². The van der Waals surface area contributed by atoms with Crippen LogP contribution in [0.25, 0.3) is 0 Å². The summed E-state index contributed by atoms with van der Waals surface area (Å²) in [6, 6.07) is 8.85. The number of benzene rings is 2. The molecule has 0 saturated heterocycles. The SMILES string of the molecule is CCCC(=O)Nc1ccc(Cl)c(NS(=O)(=O)c2ccc([N+](=O)[O-])cc2)c1. The van der Waals surface area contributed by atoms with E-state index in [4.69, 9.17) is 11.6 Å². The number of hydrogen-bond acceptors (Lipinski definition) is 5. The molecule has 0 spiro atoms. The first-order valence-electron chi connectivity index (χ1n) is 7.59. The topological polar surface area (TPSA) is 118 Å². The van der Waals surface area contributed by atoms with Crippen molar-refractivity contribution in [2.24, 2.45) is 0 Å². The van der Waals surface area contributed by atoms with Crippen LogP contribution in [-0.2, 0) is 14.8 Å². The minimum Gasteiger partial charge on any atom is -0.326 e. The lowest BCUT2D eigenvalue weighted by atomic mass is 10.2. The van der Waals surface area contributed by atoms with E-state index in [1.54, 1.807) is 6.07 Å². The molecule has 0 bridgehead atoms. The van der Waals surface area contributed by atoms with Crippen molar-refractivity contribution in [3.8, 4) is 0 Å². The Balaban J connectivity index is 2.25. The van der Waals surface area contributed by atoms with Crippen molar-refractivity contribution in [1.82, 2.24) is 0 Å². The summed E-state index contributed by atoms with van der Waals surface area (Å²) in [5.41, 5.74) is 0.260. The normalized spacial score (nSPS) is 11.0. The Morgan fingerprint density at radius 1 is 1.19 bits per heavy atom. The number of rotatable bonds is 7. The Morgan fingerprint density at radius 2 is 1.85 bits per heavy atom. The van der Waals surface area contributed by atoms with Gasteiger partial charge in [0.15, 0.2) is 0 Å². The molecule has 26 heavy (non-hydrogen) atoms. The molecule has 0 aromatic heterocycles. The van der Waals surface area contributed by atoms with Gasteiger partial charge in [-0.2, -0.15) is 0 Å². The number of nitrogens with one attached hydrogen (secondary N) is 2. The van der Waals surface area contributed by atoms with Crippen molar-refractivity contribution in [2.75, 3.05) is 10.0 Å². The zero-order chi connectivity index (χ0) is 19.3. The first-order chi connectivity index (χ1) is 12.2. The number of anilines is 2. The summed E-state index contributed by atoms with van der Waals surface area (Å²) >= 11 is 6.03. The average molecular weight is 398 g/mol. The number of halogens is 1. The van der Waals surface area contributed by atoms with Crippen LogP contribution in [0.2, 0.25) is 5.02 Å². The lowest BCUT2D eigenvalue weighted by Gasteiger charge is -2.12. The van der Waals surface area contributed by atoms with Crippen molar-refractivity contribution >= 4 is 44.6 Å². The third-order valence-corrected chi connectivity index (χ3v) is 5.04. The highest BCUT2D eigenvalue weighted by Gasteiger charge is 2.18. The maximum Gasteiger partial charge on any atom is 0.269 e. The number of carbonyl (C=O) groups excluding carboxylic acids is 1. The molecule has 10 heteroatoms. The van der Waals surface area contributed by atoms with Gasteiger partial charge in [-0.1, -0.05) is 18.5 Å². The summed E-state index contributed by atoms with van der Waals surface area (Å²) in [5.74, 6) is -0.195. The van der Waals surface area contributed by atoms with E-state index in [1.165, 1.54) is 12.1 Å². The molecule has 138 valence electrons. The molecule has 2 N–H and O–H groups in total. The zero-order valence-corrected chi connectivity index (χ0v) is 15.3. The van der Waals surface area contributed by atoms with Crippen molar-refractivity contribution in [3.63, 3.8) is 0 Å². The molecule has 0 aliphatic rings. The predicted octanol–water partition coefficient (Wildman–Crippen LogP) is 3.79. The Labute approximate surface area is 155 Å². The van der Waals surface area contributed by atoms with Crippen LogP contribution in [-0.4, -0.2) is 19.2 Å². The number of hydrogen-bond donors (Lipinski definition) is 2. The van der Waals surface area contributed by atoms with E-state index >= 15 is 0 Å². The van der Waals surface area contributed by atoms with Crippen molar-refractivity contribution < 1.29 is 18.1 Å². The molecular formula is C16H16ClN3O5S. The number of carbonyl (C=O) groups is 1. The number of amides is 1. The average Bonchev–Trinajstić information content (AvgIpc) is 2.58. The van der Waals surface area contributed by atoms with Crippen LogP contribution in [0.4, 0.5) is 17.1 Å². The van der Waals surface area contributed by atoms with Gasteiger partial charge in [0.1, 0.15) is 0 Å². The molecule has 0 radical (unpaired) electrons. The van der Waals surface area contributed by atoms with Crippen LogP contribution in [0, 0.1) is 10.1 Å². The molecule has 2 aromatic carbocycles. The molecule has 2 aromatic rings. The van der Waals surface area contributed by atoms with Gasteiger partial charge in [0.25, 0.3) is 15.7 Å². The number of sulfonamides is 1. The third-order valence-electron chi connectivity index (χ3n) is 3.33.